The Labute approximate surface area is 145 Å². The van der Waals surface area contributed by atoms with Gasteiger partial charge in [0.05, 0.1) is 22.1 Å². The molecule has 4 heterocycles. The standard InChI is InChI=1S/C17H20ClN5O/c1-2-23-5-3-11(4-6-23)24-15-14-12-7-10(18)8-21-17(12)22-13(14)9-20-16(15)19/h7-9,11H,2-6H2,1H3,(H2,19,20)(H,21,22). The van der Waals surface area contributed by atoms with E-state index in [0.29, 0.717) is 16.6 Å². The summed E-state index contributed by atoms with van der Waals surface area (Å²) in [4.78, 5) is 14.3. The molecule has 0 saturated carbocycles. The quantitative estimate of drug-likeness (QED) is 0.762. The summed E-state index contributed by atoms with van der Waals surface area (Å²) < 4.78 is 6.29. The lowest BCUT2D eigenvalue weighted by molar-refractivity contribution is 0.105. The Kier molecular flexibility index (Phi) is 3.94. The van der Waals surface area contributed by atoms with Crippen molar-refractivity contribution < 1.29 is 4.74 Å². The first-order valence-electron chi connectivity index (χ1n) is 8.26. The number of nitrogens with two attached hydrogens (primary N) is 1. The lowest BCUT2D eigenvalue weighted by Gasteiger charge is -2.31. The van der Waals surface area contributed by atoms with Crippen molar-refractivity contribution in [3.63, 3.8) is 0 Å². The maximum atomic E-state index is 6.29. The van der Waals surface area contributed by atoms with Crippen LogP contribution in [0, 0.1) is 0 Å². The Morgan fingerprint density at radius 3 is 2.88 bits per heavy atom. The number of aromatic nitrogens is 3. The van der Waals surface area contributed by atoms with Gasteiger partial charge in [0, 0.05) is 24.7 Å². The predicted molar refractivity (Wildman–Crippen MR) is 96.6 cm³/mol. The predicted octanol–water partition coefficient (Wildman–Crippen LogP) is 3.21. The molecule has 0 bridgehead atoms. The number of fused-ring (bicyclic) bond motifs is 3. The molecule has 3 aromatic heterocycles. The highest BCUT2D eigenvalue weighted by atomic mass is 35.5. The third-order valence-corrected chi connectivity index (χ3v) is 4.91. The molecule has 0 unspecified atom stereocenters. The summed E-state index contributed by atoms with van der Waals surface area (Å²) >= 11 is 6.12. The van der Waals surface area contributed by atoms with Gasteiger partial charge in [-0.25, -0.2) is 9.97 Å². The van der Waals surface area contributed by atoms with Gasteiger partial charge in [-0.15, -0.1) is 0 Å². The van der Waals surface area contributed by atoms with Crippen molar-refractivity contribution in [1.82, 2.24) is 19.9 Å². The van der Waals surface area contributed by atoms with Gasteiger partial charge < -0.3 is 20.4 Å². The lowest BCUT2D eigenvalue weighted by atomic mass is 10.1. The zero-order valence-corrected chi connectivity index (χ0v) is 14.3. The minimum atomic E-state index is 0.152. The van der Waals surface area contributed by atoms with Crippen LogP contribution in [-0.4, -0.2) is 45.6 Å². The number of pyridine rings is 2. The number of nitrogens with one attached hydrogen (secondary N) is 1. The smallest absolute Gasteiger partial charge is 0.171 e. The number of ether oxygens (including phenoxy) is 1. The molecule has 1 aliphatic heterocycles. The number of anilines is 1. The van der Waals surface area contributed by atoms with Crippen molar-refractivity contribution in [3.05, 3.63) is 23.5 Å². The molecule has 4 rings (SSSR count). The number of halogens is 1. The van der Waals surface area contributed by atoms with Gasteiger partial charge in [0.25, 0.3) is 0 Å². The largest absolute Gasteiger partial charge is 0.486 e. The Bertz CT molecular complexity index is 885. The minimum absolute atomic E-state index is 0.152. The highest BCUT2D eigenvalue weighted by Crippen LogP contribution is 2.37. The van der Waals surface area contributed by atoms with E-state index in [9.17, 15) is 0 Å². The number of hydrogen-bond donors (Lipinski definition) is 2. The van der Waals surface area contributed by atoms with Crippen molar-refractivity contribution in [2.75, 3.05) is 25.4 Å². The van der Waals surface area contributed by atoms with Gasteiger partial charge in [-0.2, -0.15) is 0 Å². The van der Waals surface area contributed by atoms with Gasteiger partial charge in [0.2, 0.25) is 0 Å². The summed E-state index contributed by atoms with van der Waals surface area (Å²) in [6.07, 6.45) is 5.47. The van der Waals surface area contributed by atoms with Crippen LogP contribution in [-0.2, 0) is 0 Å². The molecule has 3 N–H and O–H groups in total. The molecule has 0 amide bonds. The molecule has 1 saturated heterocycles. The zero-order valence-electron chi connectivity index (χ0n) is 13.6. The fourth-order valence-corrected chi connectivity index (χ4v) is 3.51. The summed E-state index contributed by atoms with van der Waals surface area (Å²) in [5.41, 5.74) is 7.75. The summed E-state index contributed by atoms with van der Waals surface area (Å²) in [6, 6.07) is 1.88. The molecular weight excluding hydrogens is 326 g/mol. The van der Waals surface area contributed by atoms with E-state index in [4.69, 9.17) is 22.1 Å². The summed E-state index contributed by atoms with van der Waals surface area (Å²) in [6.45, 7) is 5.36. The molecule has 0 radical (unpaired) electrons. The molecule has 6 nitrogen and oxygen atoms in total. The Morgan fingerprint density at radius 2 is 2.12 bits per heavy atom. The summed E-state index contributed by atoms with van der Waals surface area (Å²) in [7, 11) is 0. The zero-order chi connectivity index (χ0) is 16.7. The van der Waals surface area contributed by atoms with Crippen LogP contribution in [0.3, 0.4) is 0 Å². The summed E-state index contributed by atoms with van der Waals surface area (Å²) in [5, 5.41) is 2.40. The molecule has 126 valence electrons. The number of hydrogen-bond acceptors (Lipinski definition) is 5. The van der Waals surface area contributed by atoms with Crippen LogP contribution in [0.15, 0.2) is 18.5 Å². The van der Waals surface area contributed by atoms with Crippen LogP contribution < -0.4 is 10.5 Å². The minimum Gasteiger partial charge on any atom is -0.486 e. The van der Waals surface area contributed by atoms with E-state index in [1.807, 2.05) is 6.07 Å². The molecule has 24 heavy (non-hydrogen) atoms. The third-order valence-electron chi connectivity index (χ3n) is 4.70. The Hall–Kier alpha value is -2.05. The molecule has 0 aliphatic carbocycles. The van der Waals surface area contributed by atoms with Crippen LogP contribution in [0.25, 0.3) is 21.9 Å². The highest BCUT2D eigenvalue weighted by molar-refractivity contribution is 6.31. The van der Waals surface area contributed by atoms with Gasteiger partial charge in [-0.1, -0.05) is 18.5 Å². The van der Waals surface area contributed by atoms with Crippen molar-refractivity contribution in [2.45, 2.75) is 25.9 Å². The number of rotatable bonds is 3. The van der Waals surface area contributed by atoms with Crippen LogP contribution in [0.1, 0.15) is 19.8 Å². The average molecular weight is 346 g/mol. The molecule has 0 aromatic carbocycles. The molecular formula is C17H20ClN5O. The summed E-state index contributed by atoms with van der Waals surface area (Å²) in [5.74, 6) is 1.04. The topological polar surface area (TPSA) is 80.1 Å². The first-order chi connectivity index (χ1) is 11.7. The van der Waals surface area contributed by atoms with E-state index in [2.05, 4.69) is 26.8 Å². The number of nitrogens with zero attached hydrogens (tertiary/aromatic N) is 3. The van der Waals surface area contributed by atoms with Crippen LogP contribution in [0.2, 0.25) is 5.02 Å². The first kappa shape index (κ1) is 15.5. The van der Waals surface area contributed by atoms with Crippen LogP contribution in [0.5, 0.6) is 5.75 Å². The van der Waals surface area contributed by atoms with Gasteiger partial charge in [0.1, 0.15) is 11.8 Å². The van der Waals surface area contributed by atoms with E-state index >= 15 is 0 Å². The van der Waals surface area contributed by atoms with E-state index in [1.54, 1.807) is 12.4 Å². The lowest BCUT2D eigenvalue weighted by Crippen LogP contribution is -2.38. The Balaban J connectivity index is 1.75. The molecule has 1 fully saturated rings. The molecule has 0 spiro atoms. The second-order valence-corrected chi connectivity index (χ2v) is 6.62. The van der Waals surface area contributed by atoms with Crippen LogP contribution in [0.4, 0.5) is 5.82 Å². The van der Waals surface area contributed by atoms with E-state index in [0.717, 1.165) is 54.4 Å². The van der Waals surface area contributed by atoms with Crippen molar-refractivity contribution in [1.29, 1.82) is 0 Å². The molecule has 1 aliphatic rings. The maximum absolute atomic E-state index is 6.29. The second kappa shape index (κ2) is 6.11. The highest BCUT2D eigenvalue weighted by Gasteiger charge is 2.23. The van der Waals surface area contributed by atoms with Gasteiger partial charge >= 0.3 is 0 Å². The van der Waals surface area contributed by atoms with Gasteiger partial charge in [-0.05, 0) is 25.5 Å². The van der Waals surface area contributed by atoms with E-state index in [-0.39, 0.29) is 6.10 Å². The van der Waals surface area contributed by atoms with Crippen molar-refractivity contribution in [3.8, 4) is 5.75 Å². The molecule has 3 aromatic rings. The van der Waals surface area contributed by atoms with E-state index in [1.165, 1.54) is 0 Å². The number of likely N-dealkylation sites (tertiary alicyclic amines) is 1. The van der Waals surface area contributed by atoms with E-state index < -0.39 is 0 Å². The normalized spacial score (nSPS) is 16.9. The van der Waals surface area contributed by atoms with Crippen LogP contribution >= 0.6 is 11.6 Å². The number of H-pyrrole nitrogens is 1. The van der Waals surface area contributed by atoms with Crippen molar-refractivity contribution in [2.24, 2.45) is 0 Å². The SMILES string of the molecule is CCN1CCC(Oc2c(N)ncc3[nH]c4ncc(Cl)cc4c23)CC1. The molecule has 7 heteroatoms. The maximum Gasteiger partial charge on any atom is 0.171 e. The molecule has 0 atom stereocenters. The average Bonchev–Trinajstić information content (AvgIpc) is 2.96. The number of piperidine rings is 1. The van der Waals surface area contributed by atoms with Crippen molar-refractivity contribution >= 4 is 39.4 Å². The second-order valence-electron chi connectivity index (χ2n) is 6.19. The Morgan fingerprint density at radius 1 is 1.33 bits per heavy atom. The fourth-order valence-electron chi connectivity index (χ4n) is 3.36. The van der Waals surface area contributed by atoms with Gasteiger partial charge in [0.15, 0.2) is 11.6 Å². The monoisotopic (exact) mass is 345 g/mol. The third kappa shape index (κ3) is 2.65. The first-order valence-corrected chi connectivity index (χ1v) is 8.64. The van der Waals surface area contributed by atoms with Gasteiger partial charge in [-0.3, -0.25) is 0 Å². The number of nitrogen functional groups attached to an aromatic ring is 1. The number of aromatic amines is 1. The fraction of sp³-hybridized carbons (Fsp3) is 0.412.